The van der Waals surface area contributed by atoms with Gasteiger partial charge in [-0.15, -0.1) is 0 Å². The second-order valence-corrected chi connectivity index (χ2v) is 6.11. The number of carbonyl (C=O) groups is 2. The molecular weight excluding hydrogens is 268 g/mol. The Kier molecular flexibility index (Phi) is 5.76. The van der Waals surface area contributed by atoms with Gasteiger partial charge < -0.3 is 15.7 Å². The first-order valence-electron chi connectivity index (χ1n) is 7.15. The van der Waals surface area contributed by atoms with E-state index in [1.165, 1.54) is 5.56 Å². The van der Waals surface area contributed by atoms with Crippen molar-refractivity contribution in [3.05, 3.63) is 29.8 Å². The molecule has 0 unspecified atom stereocenters. The highest BCUT2D eigenvalue weighted by atomic mass is 16.4. The second kappa shape index (κ2) is 7.11. The van der Waals surface area contributed by atoms with Crippen LogP contribution in [0.4, 0.5) is 10.5 Å². The summed E-state index contributed by atoms with van der Waals surface area (Å²) in [5, 5.41) is 14.1. The molecule has 0 aromatic heterocycles. The minimum atomic E-state index is -1.02. The lowest BCUT2D eigenvalue weighted by atomic mass is 9.87. The maximum Gasteiger partial charge on any atom is 0.326 e. The Bertz CT molecular complexity index is 489. The lowest BCUT2D eigenvalue weighted by Crippen LogP contribution is -2.42. The van der Waals surface area contributed by atoms with Gasteiger partial charge in [-0.1, -0.05) is 46.2 Å². The van der Waals surface area contributed by atoms with Gasteiger partial charge >= 0.3 is 12.0 Å². The molecule has 0 radical (unpaired) electrons. The van der Waals surface area contributed by atoms with Crippen LogP contribution in [0.1, 0.15) is 46.1 Å². The maximum absolute atomic E-state index is 11.8. The van der Waals surface area contributed by atoms with E-state index in [1.54, 1.807) is 0 Å². The standard InChI is InChI=1S/C16H24N2O3/c1-5-6-13(14(19)20)18-15(21)17-12-9-7-11(8-10-12)16(2,3)4/h7-10,13H,5-6H2,1-4H3,(H,19,20)(H2,17,18,21)/t13-/m0/s1. The van der Waals surface area contributed by atoms with Gasteiger partial charge in [0, 0.05) is 5.69 Å². The van der Waals surface area contributed by atoms with Crippen molar-refractivity contribution < 1.29 is 14.7 Å². The van der Waals surface area contributed by atoms with E-state index in [9.17, 15) is 9.59 Å². The molecule has 5 heteroatoms. The summed E-state index contributed by atoms with van der Waals surface area (Å²) in [4.78, 5) is 22.8. The Morgan fingerprint density at radius 1 is 1.19 bits per heavy atom. The monoisotopic (exact) mass is 292 g/mol. The van der Waals surface area contributed by atoms with E-state index in [0.29, 0.717) is 18.5 Å². The first-order valence-corrected chi connectivity index (χ1v) is 7.15. The van der Waals surface area contributed by atoms with Crippen molar-refractivity contribution in [2.24, 2.45) is 0 Å². The third kappa shape index (κ3) is 5.45. The van der Waals surface area contributed by atoms with Gasteiger partial charge in [-0.25, -0.2) is 9.59 Å². The van der Waals surface area contributed by atoms with Crippen LogP contribution in [0.3, 0.4) is 0 Å². The number of anilines is 1. The van der Waals surface area contributed by atoms with E-state index < -0.39 is 18.0 Å². The fraction of sp³-hybridized carbons (Fsp3) is 0.500. The molecule has 0 saturated heterocycles. The molecule has 0 aliphatic carbocycles. The molecule has 0 bridgehead atoms. The van der Waals surface area contributed by atoms with Gasteiger partial charge in [-0.3, -0.25) is 0 Å². The smallest absolute Gasteiger partial charge is 0.326 e. The molecule has 0 saturated carbocycles. The van der Waals surface area contributed by atoms with Crippen LogP contribution in [0.5, 0.6) is 0 Å². The van der Waals surface area contributed by atoms with Crippen LogP contribution in [0.15, 0.2) is 24.3 Å². The average Bonchev–Trinajstić information content (AvgIpc) is 2.37. The van der Waals surface area contributed by atoms with E-state index >= 15 is 0 Å². The van der Waals surface area contributed by atoms with Crippen LogP contribution < -0.4 is 10.6 Å². The van der Waals surface area contributed by atoms with Crippen molar-refractivity contribution in [1.29, 1.82) is 0 Å². The summed E-state index contributed by atoms with van der Waals surface area (Å²) >= 11 is 0. The quantitative estimate of drug-likeness (QED) is 0.778. The van der Waals surface area contributed by atoms with Crippen LogP contribution in [0.25, 0.3) is 0 Å². The molecule has 2 amide bonds. The number of hydrogen-bond donors (Lipinski definition) is 3. The fourth-order valence-corrected chi connectivity index (χ4v) is 1.93. The fourth-order valence-electron chi connectivity index (χ4n) is 1.93. The number of rotatable bonds is 5. The van der Waals surface area contributed by atoms with Crippen LogP contribution in [0.2, 0.25) is 0 Å². The summed E-state index contributed by atoms with van der Waals surface area (Å²) in [6, 6.07) is 6.18. The minimum Gasteiger partial charge on any atom is -0.480 e. The molecule has 0 heterocycles. The molecule has 3 N–H and O–H groups in total. The van der Waals surface area contributed by atoms with Crippen LogP contribution in [0, 0.1) is 0 Å². The van der Waals surface area contributed by atoms with Gasteiger partial charge in [-0.05, 0) is 29.5 Å². The number of hydrogen-bond acceptors (Lipinski definition) is 2. The van der Waals surface area contributed by atoms with E-state index in [-0.39, 0.29) is 5.41 Å². The van der Waals surface area contributed by atoms with Gasteiger partial charge in [0.25, 0.3) is 0 Å². The zero-order valence-electron chi connectivity index (χ0n) is 13.1. The van der Waals surface area contributed by atoms with Gasteiger partial charge in [0.15, 0.2) is 0 Å². The van der Waals surface area contributed by atoms with Gasteiger partial charge in [-0.2, -0.15) is 0 Å². The predicted molar refractivity (Wildman–Crippen MR) is 83.6 cm³/mol. The Hall–Kier alpha value is -2.04. The van der Waals surface area contributed by atoms with Crippen molar-refractivity contribution in [1.82, 2.24) is 5.32 Å². The Balaban J connectivity index is 2.64. The number of carboxylic acids is 1. The highest BCUT2D eigenvalue weighted by Crippen LogP contribution is 2.23. The number of urea groups is 1. The van der Waals surface area contributed by atoms with E-state index in [2.05, 4.69) is 31.4 Å². The Morgan fingerprint density at radius 2 is 1.76 bits per heavy atom. The van der Waals surface area contributed by atoms with Crippen LogP contribution >= 0.6 is 0 Å². The second-order valence-electron chi connectivity index (χ2n) is 6.11. The van der Waals surface area contributed by atoms with Gasteiger partial charge in [0.1, 0.15) is 6.04 Å². The highest BCUT2D eigenvalue weighted by Gasteiger charge is 2.19. The summed E-state index contributed by atoms with van der Waals surface area (Å²) in [6.45, 7) is 8.22. The molecule has 0 spiro atoms. The third-order valence-corrected chi connectivity index (χ3v) is 3.19. The molecular formula is C16H24N2O3. The summed E-state index contributed by atoms with van der Waals surface area (Å²) in [5.41, 5.74) is 1.86. The Labute approximate surface area is 125 Å². The van der Waals surface area contributed by atoms with Crippen molar-refractivity contribution in [2.75, 3.05) is 5.32 Å². The summed E-state index contributed by atoms with van der Waals surface area (Å²) in [5.74, 6) is -1.02. The Morgan fingerprint density at radius 3 is 2.19 bits per heavy atom. The first kappa shape index (κ1) is 17.0. The maximum atomic E-state index is 11.8. The summed E-state index contributed by atoms with van der Waals surface area (Å²) < 4.78 is 0. The number of carboxylic acid groups (broad SMARTS) is 1. The van der Waals surface area contributed by atoms with Crippen LogP contribution in [-0.2, 0) is 10.2 Å². The van der Waals surface area contributed by atoms with E-state index in [0.717, 1.165) is 0 Å². The molecule has 116 valence electrons. The number of carbonyl (C=O) groups excluding carboxylic acids is 1. The lowest BCUT2D eigenvalue weighted by Gasteiger charge is -2.19. The molecule has 0 fully saturated rings. The molecule has 21 heavy (non-hydrogen) atoms. The molecule has 0 aliphatic heterocycles. The minimum absolute atomic E-state index is 0.0519. The molecule has 1 aromatic carbocycles. The lowest BCUT2D eigenvalue weighted by molar-refractivity contribution is -0.139. The first-order chi connectivity index (χ1) is 9.74. The number of benzene rings is 1. The summed E-state index contributed by atoms with van der Waals surface area (Å²) in [7, 11) is 0. The van der Waals surface area contributed by atoms with Gasteiger partial charge in [0.2, 0.25) is 0 Å². The summed E-state index contributed by atoms with van der Waals surface area (Å²) in [6.07, 6.45) is 1.10. The number of aliphatic carboxylic acids is 1. The largest absolute Gasteiger partial charge is 0.480 e. The van der Waals surface area contributed by atoms with E-state index in [1.807, 2.05) is 31.2 Å². The molecule has 1 aromatic rings. The average molecular weight is 292 g/mol. The van der Waals surface area contributed by atoms with E-state index in [4.69, 9.17) is 5.11 Å². The van der Waals surface area contributed by atoms with Crippen molar-refractivity contribution in [3.63, 3.8) is 0 Å². The topological polar surface area (TPSA) is 78.4 Å². The highest BCUT2D eigenvalue weighted by molar-refractivity contribution is 5.92. The number of amides is 2. The van der Waals surface area contributed by atoms with Crippen molar-refractivity contribution >= 4 is 17.7 Å². The van der Waals surface area contributed by atoms with Crippen molar-refractivity contribution in [2.45, 2.75) is 52.0 Å². The van der Waals surface area contributed by atoms with Crippen molar-refractivity contribution in [3.8, 4) is 0 Å². The van der Waals surface area contributed by atoms with Gasteiger partial charge in [0.05, 0.1) is 0 Å². The molecule has 1 atom stereocenters. The zero-order valence-corrected chi connectivity index (χ0v) is 13.1. The molecule has 5 nitrogen and oxygen atoms in total. The molecule has 0 aliphatic rings. The van der Waals surface area contributed by atoms with Crippen LogP contribution in [-0.4, -0.2) is 23.1 Å². The third-order valence-electron chi connectivity index (χ3n) is 3.19. The molecule has 1 rings (SSSR count). The predicted octanol–water partition coefficient (Wildman–Crippen LogP) is 3.36. The normalized spacial score (nSPS) is 12.6. The zero-order chi connectivity index (χ0) is 16.0. The SMILES string of the molecule is CCC[C@H](NC(=O)Nc1ccc(C(C)(C)C)cc1)C(=O)O. The number of nitrogens with one attached hydrogen (secondary N) is 2.